The first-order chi connectivity index (χ1) is 11.0. The fourth-order valence-corrected chi connectivity index (χ4v) is 4.52. The average Bonchev–Trinajstić information content (AvgIpc) is 2.94. The fraction of sp³-hybridized carbons (Fsp3) is 0.294. The molecular formula is C17H18ClNO3S. The van der Waals surface area contributed by atoms with Crippen LogP contribution in [0.25, 0.3) is 0 Å². The van der Waals surface area contributed by atoms with Crippen LogP contribution >= 0.6 is 11.6 Å². The summed E-state index contributed by atoms with van der Waals surface area (Å²) in [4.78, 5) is 0.107. The Morgan fingerprint density at radius 1 is 1.26 bits per heavy atom. The van der Waals surface area contributed by atoms with Crippen molar-refractivity contribution in [1.82, 2.24) is 4.72 Å². The Balaban J connectivity index is 1.72. The Morgan fingerprint density at radius 2 is 2.04 bits per heavy atom. The summed E-state index contributed by atoms with van der Waals surface area (Å²) < 4.78 is 33.0. The summed E-state index contributed by atoms with van der Waals surface area (Å²) in [6.45, 7) is 2.56. The van der Waals surface area contributed by atoms with Crippen LogP contribution in [0, 0.1) is 0 Å². The molecule has 2 aromatic carbocycles. The van der Waals surface area contributed by atoms with Gasteiger partial charge in [-0.1, -0.05) is 35.9 Å². The first-order valence-corrected chi connectivity index (χ1v) is 9.33. The number of hydrogen-bond acceptors (Lipinski definition) is 3. The van der Waals surface area contributed by atoms with Crippen molar-refractivity contribution in [1.29, 1.82) is 0 Å². The van der Waals surface area contributed by atoms with Crippen molar-refractivity contribution in [3.63, 3.8) is 0 Å². The molecule has 4 nitrogen and oxygen atoms in total. The second-order valence-corrected chi connectivity index (χ2v) is 7.79. The van der Waals surface area contributed by atoms with E-state index in [0.717, 1.165) is 17.7 Å². The largest absolute Gasteiger partial charge is 0.493 e. The predicted octanol–water partition coefficient (Wildman–Crippen LogP) is 3.18. The van der Waals surface area contributed by atoms with Crippen LogP contribution in [-0.4, -0.2) is 21.1 Å². The van der Waals surface area contributed by atoms with Crippen molar-refractivity contribution in [3.8, 4) is 5.75 Å². The third kappa shape index (κ3) is 3.68. The topological polar surface area (TPSA) is 55.4 Å². The van der Waals surface area contributed by atoms with E-state index in [0.29, 0.717) is 13.0 Å². The summed E-state index contributed by atoms with van der Waals surface area (Å²) >= 11 is 5.98. The summed E-state index contributed by atoms with van der Waals surface area (Å²) in [5.74, 6) is 0.929. The third-order valence-electron chi connectivity index (χ3n) is 3.78. The summed E-state index contributed by atoms with van der Waals surface area (Å²) in [6, 6.07) is 12.2. The minimum absolute atomic E-state index is 0.107. The van der Waals surface area contributed by atoms with Gasteiger partial charge in [-0.05, 0) is 42.7 Å². The Kier molecular flexibility index (Phi) is 4.62. The summed E-state index contributed by atoms with van der Waals surface area (Å²) in [6.07, 6.45) is 1.51. The maximum atomic E-state index is 12.4. The van der Waals surface area contributed by atoms with Gasteiger partial charge in [0.15, 0.2) is 0 Å². The van der Waals surface area contributed by atoms with E-state index < -0.39 is 10.0 Å². The molecule has 1 N–H and O–H groups in total. The highest BCUT2D eigenvalue weighted by atomic mass is 35.5. The van der Waals surface area contributed by atoms with Crippen molar-refractivity contribution < 1.29 is 13.2 Å². The van der Waals surface area contributed by atoms with Gasteiger partial charge in [-0.3, -0.25) is 0 Å². The molecule has 0 saturated carbocycles. The lowest BCUT2D eigenvalue weighted by Gasteiger charge is -2.15. The molecule has 1 heterocycles. The first-order valence-electron chi connectivity index (χ1n) is 7.47. The highest BCUT2D eigenvalue weighted by molar-refractivity contribution is 7.89. The first kappa shape index (κ1) is 16.3. The maximum Gasteiger partial charge on any atom is 0.242 e. The van der Waals surface area contributed by atoms with E-state index in [1.165, 1.54) is 11.6 Å². The van der Waals surface area contributed by atoms with Crippen molar-refractivity contribution in [2.45, 2.75) is 30.7 Å². The molecule has 0 aromatic heterocycles. The predicted molar refractivity (Wildman–Crippen MR) is 90.6 cm³/mol. The molecule has 0 saturated heterocycles. The van der Waals surface area contributed by atoms with Gasteiger partial charge < -0.3 is 4.74 Å². The van der Waals surface area contributed by atoms with Crippen LogP contribution in [0.5, 0.6) is 5.75 Å². The average molecular weight is 352 g/mol. The van der Waals surface area contributed by atoms with Gasteiger partial charge in [-0.25, -0.2) is 13.1 Å². The van der Waals surface area contributed by atoms with Gasteiger partial charge in [0.2, 0.25) is 10.0 Å². The number of fused-ring (bicyclic) bond motifs is 1. The zero-order chi connectivity index (χ0) is 16.4. The fourth-order valence-electron chi connectivity index (χ4n) is 2.75. The zero-order valence-electron chi connectivity index (χ0n) is 12.8. The highest BCUT2D eigenvalue weighted by Crippen LogP contribution is 2.26. The van der Waals surface area contributed by atoms with Crippen LogP contribution in [0.15, 0.2) is 47.4 Å². The quantitative estimate of drug-likeness (QED) is 0.900. The van der Waals surface area contributed by atoms with Crippen LogP contribution in [0.1, 0.15) is 18.1 Å². The molecule has 0 fully saturated rings. The zero-order valence-corrected chi connectivity index (χ0v) is 14.3. The van der Waals surface area contributed by atoms with Gasteiger partial charge in [0.05, 0.1) is 11.6 Å². The van der Waals surface area contributed by atoms with Gasteiger partial charge in [-0.15, -0.1) is 0 Å². The molecule has 122 valence electrons. The van der Waals surface area contributed by atoms with Gasteiger partial charge >= 0.3 is 0 Å². The van der Waals surface area contributed by atoms with E-state index in [4.69, 9.17) is 16.3 Å². The number of nitrogens with one attached hydrogen (secondary N) is 1. The van der Waals surface area contributed by atoms with Crippen molar-refractivity contribution in [2.24, 2.45) is 0 Å². The standard InChI is InChI=1S/C17H18ClNO3S/c1-12(10-13-6-7-16-14(11-13)8-9-22-16)19-23(20,21)17-5-3-2-4-15(17)18/h2-7,11-12,19H,8-10H2,1H3. The molecule has 1 atom stereocenters. The van der Waals surface area contributed by atoms with Crippen molar-refractivity contribution >= 4 is 21.6 Å². The second kappa shape index (κ2) is 6.51. The molecule has 1 aliphatic heterocycles. The molecule has 1 unspecified atom stereocenters. The number of ether oxygens (including phenoxy) is 1. The Bertz CT molecular complexity index is 820. The number of halogens is 1. The molecule has 2 aromatic rings. The molecular weight excluding hydrogens is 334 g/mol. The smallest absolute Gasteiger partial charge is 0.242 e. The van der Waals surface area contributed by atoms with Crippen LogP contribution < -0.4 is 9.46 Å². The van der Waals surface area contributed by atoms with Gasteiger partial charge in [0, 0.05) is 12.5 Å². The number of sulfonamides is 1. The Labute approximate surface area is 141 Å². The monoisotopic (exact) mass is 351 g/mol. The summed E-state index contributed by atoms with van der Waals surface area (Å²) in [7, 11) is -3.63. The lowest BCUT2D eigenvalue weighted by Crippen LogP contribution is -2.34. The van der Waals surface area contributed by atoms with Gasteiger partial charge in [0.1, 0.15) is 10.6 Å². The minimum atomic E-state index is -3.63. The minimum Gasteiger partial charge on any atom is -0.493 e. The van der Waals surface area contributed by atoms with E-state index in [9.17, 15) is 8.42 Å². The molecule has 6 heteroatoms. The van der Waals surface area contributed by atoms with E-state index in [1.807, 2.05) is 19.1 Å². The van der Waals surface area contributed by atoms with Gasteiger partial charge in [0.25, 0.3) is 0 Å². The molecule has 0 radical (unpaired) electrons. The normalized spacial score (nSPS) is 15.0. The molecule has 1 aliphatic rings. The van der Waals surface area contributed by atoms with Crippen LogP contribution in [0.3, 0.4) is 0 Å². The summed E-state index contributed by atoms with van der Waals surface area (Å²) in [5.41, 5.74) is 2.27. The Morgan fingerprint density at radius 3 is 2.83 bits per heavy atom. The Hall–Kier alpha value is -1.56. The second-order valence-electron chi connectivity index (χ2n) is 5.70. The van der Waals surface area contributed by atoms with Crippen LogP contribution in [0.2, 0.25) is 5.02 Å². The summed E-state index contributed by atoms with van der Waals surface area (Å²) in [5, 5.41) is 0.224. The molecule has 0 spiro atoms. The molecule has 3 rings (SSSR count). The van der Waals surface area contributed by atoms with E-state index in [1.54, 1.807) is 18.2 Å². The number of benzene rings is 2. The van der Waals surface area contributed by atoms with Crippen molar-refractivity contribution in [2.75, 3.05) is 6.61 Å². The SMILES string of the molecule is CC(Cc1ccc2c(c1)CCO2)NS(=O)(=O)c1ccccc1Cl. The van der Waals surface area contributed by atoms with Crippen molar-refractivity contribution in [3.05, 3.63) is 58.6 Å². The van der Waals surface area contributed by atoms with E-state index in [-0.39, 0.29) is 16.0 Å². The van der Waals surface area contributed by atoms with Crippen LogP contribution in [0.4, 0.5) is 0 Å². The molecule has 23 heavy (non-hydrogen) atoms. The maximum absolute atomic E-state index is 12.4. The molecule has 0 aliphatic carbocycles. The lowest BCUT2D eigenvalue weighted by atomic mass is 10.0. The lowest BCUT2D eigenvalue weighted by molar-refractivity contribution is 0.357. The van der Waals surface area contributed by atoms with Crippen LogP contribution in [-0.2, 0) is 22.9 Å². The van der Waals surface area contributed by atoms with E-state index >= 15 is 0 Å². The third-order valence-corrected chi connectivity index (χ3v) is 5.87. The highest BCUT2D eigenvalue weighted by Gasteiger charge is 2.20. The van der Waals surface area contributed by atoms with Gasteiger partial charge in [-0.2, -0.15) is 0 Å². The van der Waals surface area contributed by atoms with E-state index in [2.05, 4.69) is 10.8 Å². The number of rotatable bonds is 5. The molecule has 0 amide bonds. The molecule has 0 bridgehead atoms. The number of hydrogen-bond donors (Lipinski definition) is 1.